The molecule has 1 aliphatic heterocycles. The van der Waals surface area contributed by atoms with E-state index in [-0.39, 0.29) is 29.4 Å². The van der Waals surface area contributed by atoms with E-state index in [4.69, 9.17) is 11.6 Å². The lowest BCUT2D eigenvalue weighted by Crippen LogP contribution is -2.32. The highest BCUT2D eigenvalue weighted by atomic mass is 35.5. The molecule has 0 aliphatic carbocycles. The Bertz CT molecular complexity index is 686. The van der Waals surface area contributed by atoms with Crippen LogP contribution >= 0.6 is 24.0 Å². The molecule has 5 nitrogen and oxygen atoms in total. The summed E-state index contributed by atoms with van der Waals surface area (Å²) in [4.78, 5) is 12.1. The van der Waals surface area contributed by atoms with Gasteiger partial charge in [0.05, 0.1) is 11.1 Å². The maximum absolute atomic E-state index is 13.4. The van der Waals surface area contributed by atoms with Gasteiger partial charge in [-0.15, -0.1) is 12.4 Å². The zero-order valence-corrected chi connectivity index (χ0v) is 13.8. The van der Waals surface area contributed by atoms with Gasteiger partial charge in [-0.05, 0) is 43.7 Å². The molecule has 124 valence electrons. The summed E-state index contributed by atoms with van der Waals surface area (Å²) in [7, 11) is 0. The maximum atomic E-state index is 13.4. The van der Waals surface area contributed by atoms with Crippen LogP contribution in [0.3, 0.4) is 0 Å². The smallest absolute Gasteiger partial charge is 0.276 e. The fraction of sp³-hybridized carbons (Fsp3) is 0.333. The van der Waals surface area contributed by atoms with Crippen LogP contribution in [-0.4, -0.2) is 28.8 Å². The normalized spacial score (nSPS) is 17.4. The van der Waals surface area contributed by atoms with Gasteiger partial charge < -0.3 is 10.6 Å². The fourth-order valence-electron chi connectivity index (χ4n) is 2.49. The van der Waals surface area contributed by atoms with Gasteiger partial charge in [0.15, 0.2) is 5.69 Å². The summed E-state index contributed by atoms with van der Waals surface area (Å²) in [6, 6.07) is 6.06. The third kappa shape index (κ3) is 4.22. The first-order valence-electron chi connectivity index (χ1n) is 7.16. The number of hydrogen-bond donors (Lipinski definition) is 2. The van der Waals surface area contributed by atoms with Crippen LogP contribution in [0.5, 0.6) is 0 Å². The topological polar surface area (TPSA) is 59.0 Å². The number of benzene rings is 1. The molecule has 1 fully saturated rings. The molecule has 1 atom stereocenters. The van der Waals surface area contributed by atoms with Crippen molar-refractivity contribution >= 4 is 35.6 Å². The summed E-state index contributed by atoms with van der Waals surface area (Å²) in [5.74, 6) is -0.942. The standard InChI is InChI=1S/C15H16ClFN4O.ClH/c16-12-4-3-10(8-13(12)17)19-15(22)14-5-7-21(20-14)11-2-1-6-18-9-11;/h3-5,7-8,11,18H,1-2,6,9H2,(H,19,22);1H. The van der Waals surface area contributed by atoms with Gasteiger partial charge >= 0.3 is 0 Å². The lowest BCUT2D eigenvalue weighted by molar-refractivity contribution is 0.102. The largest absolute Gasteiger partial charge is 0.320 e. The Morgan fingerprint density at radius 2 is 2.26 bits per heavy atom. The van der Waals surface area contributed by atoms with Crippen molar-refractivity contribution in [3.05, 3.63) is 47.0 Å². The Hall–Kier alpha value is -1.63. The van der Waals surface area contributed by atoms with E-state index in [0.717, 1.165) is 25.9 Å². The van der Waals surface area contributed by atoms with E-state index in [2.05, 4.69) is 15.7 Å². The molecule has 2 N–H and O–H groups in total. The number of carbonyl (C=O) groups is 1. The molecule has 0 radical (unpaired) electrons. The molecule has 1 saturated heterocycles. The van der Waals surface area contributed by atoms with E-state index in [1.165, 1.54) is 12.1 Å². The van der Waals surface area contributed by atoms with Gasteiger partial charge in [-0.25, -0.2) is 4.39 Å². The fourth-order valence-corrected chi connectivity index (χ4v) is 2.61. The molecular formula is C15H17Cl2FN4O. The van der Waals surface area contributed by atoms with Crippen molar-refractivity contribution in [2.45, 2.75) is 18.9 Å². The van der Waals surface area contributed by atoms with Gasteiger partial charge in [0.1, 0.15) is 5.82 Å². The van der Waals surface area contributed by atoms with Crippen molar-refractivity contribution in [1.29, 1.82) is 0 Å². The first-order chi connectivity index (χ1) is 10.6. The zero-order chi connectivity index (χ0) is 15.5. The summed E-state index contributed by atoms with van der Waals surface area (Å²) in [5.41, 5.74) is 0.654. The molecule has 8 heteroatoms. The number of hydrogen-bond acceptors (Lipinski definition) is 3. The Labute approximate surface area is 144 Å². The van der Waals surface area contributed by atoms with Gasteiger partial charge in [-0.3, -0.25) is 9.48 Å². The van der Waals surface area contributed by atoms with Crippen LogP contribution in [0.2, 0.25) is 5.02 Å². The quantitative estimate of drug-likeness (QED) is 0.884. The molecule has 0 saturated carbocycles. The molecule has 23 heavy (non-hydrogen) atoms. The summed E-state index contributed by atoms with van der Waals surface area (Å²) < 4.78 is 15.2. The minimum Gasteiger partial charge on any atom is -0.320 e. The van der Waals surface area contributed by atoms with E-state index in [9.17, 15) is 9.18 Å². The Balaban J connectivity index is 0.00000192. The van der Waals surface area contributed by atoms with Gasteiger partial charge in [0, 0.05) is 18.4 Å². The van der Waals surface area contributed by atoms with E-state index in [1.54, 1.807) is 18.3 Å². The second-order valence-corrected chi connectivity index (χ2v) is 5.67. The number of nitrogens with zero attached hydrogens (tertiary/aromatic N) is 2. The number of carbonyl (C=O) groups excluding carboxylic acids is 1. The Kier molecular flexibility index (Phi) is 5.98. The molecule has 0 bridgehead atoms. The number of rotatable bonds is 3. The van der Waals surface area contributed by atoms with Gasteiger partial charge in [-0.1, -0.05) is 11.6 Å². The van der Waals surface area contributed by atoms with Crippen LogP contribution < -0.4 is 10.6 Å². The molecule has 1 aromatic heterocycles. The number of aromatic nitrogens is 2. The van der Waals surface area contributed by atoms with Crippen LogP contribution in [0.15, 0.2) is 30.5 Å². The molecule has 3 rings (SSSR count). The summed E-state index contributed by atoms with van der Waals surface area (Å²) in [6.45, 7) is 1.87. The maximum Gasteiger partial charge on any atom is 0.276 e. The predicted octanol–water partition coefficient (Wildman–Crippen LogP) is 3.27. The van der Waals surface area contributed by atoms with Crippen molar-refractivity contribution in [2.75, 3.05) is 18.4 Å². The molecule has 1 aliphatic rings. The molecule has 2 heterocycles. The summed E-state index contributed by atoms with van der Waals surface area (Å²) in [6.07, 6.45) is 3.93. The Morgan fingerprint density at radius 1 is 1.43 bits per heavy atom. The second kappa shape index (κ2) is 7.77. The number of halogens is 3. The number of nitrogens with one attached hydrogen (secondary N) is 2. The van der Waals surface area contributed by atoms with Crippen molar-refractivity contribution in [2.24, 2.45) is 0 Å². The van der Waals surface area contributed by atoms with E-state index >= 15 is 0 Å². The molecule has 1 unspecified atom stereocenters. The second-order valence-electron chi connectivity index (χ2n) is 5.26. The van der Waals surface area contributed by atoms with E-state index in [0.29, 0.717) is 11.4 Å². The highest BCUT2D eigenvalue weighted by Crippen LogP contribution is 2.20. The van der Waals surface area contributed by atoms with Crippen LogP contribution in [-0.2, 0) is 0 Å². The van der Waals surface area contributed by atoms with Crippen molar-refractivity contribution in [3.63, 3.8) is 0 Å². The molecular weight excluding hydrogens is 342 g/mol. The Morgan fingerprint density at radius 3 is 2.96 bits per heavy atom. The number of piperidine rings is 1. The zero-order valence-electron chi connectivity index (χ0n) is 12.3. The van der Waals surface area contributed by atoms with Crippen LogP contribution in [0.25, 0.3) is 0 Å². The van der Waals surface area contributed by atoms with Crippen LogP contribution in [0.4, 0.5) is 10.1 Å². The predicted molar refractivity (Wildman–Crippen MR) is 90.0 cm³/mol. The highest BCUT2D eigenvalue weighted by molar-refractivity contribution is 6.30. The van der Waals surface area contributed by atoms with E-state index < -0.39 is 5.82 Å². The van der Waals surface area contributed by atoms with Gasteiger partial charge in [0.2, 0.25) is 0 Å². The SMILES string of the molecule is Cl.O=C(Nc1ccc(Cl)c(F)c1)c1ccn(C2CCCNC2)n1. The highest BCUT2D eigenvalue weighted by Gasteiger charge is 2.18. The molecule has 0 spiro atoms. The van der Waals surface area contributed by atoms with Crippen molar-refractivity contribution < 1.29 is 9.18 Å². The van der Waals surface area contributed by atoms with Crippen molar-refractivity contribution in [3.8, 4) is 0 Å². The summed E-state index contributed by atoms with van der Waals surface area (Å²) >= 11 is 5.61. The molecule has 1 amide bonds. The first-order valence-corrected chi connectivity index (χ1v) is 7.53. The van der Waals surface area contributed by atoms with Crippen LogP contribution in [0, 0.1) is 5.82 Å². The minimum absolute atomic E-state index is 0. The lowest BCUT2D eigenvalue weighted by atomic mass is 10.1. The molecule has 1 aromatic carbocycles. The van der Waals surface area contributed by atoms with E-state index in [1.807, 2.05) is 4.68 Å². The first kappa shape index (κ1) is 17.7. The average Bonchev–Trinajstić information content (AvgIpc) is 3.02. The monoisotopic (exact) mass is 358 g/mol. The molecule has 2 aromatic rings. The lowest BCUT2D eigenvalue weighted by Gasteiger charge is -2.22. The number of amides is 1. The minimum atomic E-state index is -0.571. The third-order valence-electron chi connectivity index (χ3n) is 3.66. The average molecular weight is 359 g/mol. The van der Waals surface area contributed by atoms with Crippen molar-refractivity contribution in [1.82, 2.24) is 15.1 Å². The third-order valence-corrected chi connectivity index (χ3v) is 3.97. The summed E-state index contributed by atoms with van der Waals surface area (Å²) in [5, 5.41) is 10.3. The van der Waals surface area contributed by atoms with Gasteiger partial charge in [-0.2, -0.15) is 5.10 Å². The number of anilines is 1. The van der Waals surface area contributed by atoms with Gasteiger partial charge in [0.25, 0.3) is 5.91 Å². The van der Waals surface area contributed by atoms with Crippen LogP contribution in [0.1, 0.15) is 29.4 Å².